The third-order valence-electron chi connectivity index (χ3n) is 5.54. The van der Waals surface area contributed by atoms with Crippen molar-refractivity contribution in [3.8, 4) is 5.75 Å². The number of aromatic hydroxyl groups is 1. The lowest BCUT2D eigenvalue weighted by molar-refractivity contribution is -0.132. The molecule has 0 bridgehead atoms. The first-order chi connectivity index (χ1) is 14.3. The van der Waals surface area contributed by atoms with Crippen LogP contribution in [0.5, 0.6) is 5.75 Å². The van der Waals surface area contributed by atoms with E-state index in [1.165, 1.54) is 0 Å². The van der Waals surface area contributed by atoms with Gasteiger partial charge in [0.15, 0.2) is 0 Å². The molecule has 0 unspecified atom stereocenters. The lowest BCUT2D eigenvalue weighted by atomic mass is 10.1. The second-order valence-corrected chi connectivity index (χ2v) is 7.85. The van der Waals surface area contributed by atoms with E-state index in [1.807, 2.05) is 49.1 Å². The molecule has 1 saturated heterocycles. The van der Waals surface area contributed by atoms with Crippen LogP contribution in [0.4, 0.5) is 11.4 Å². The van der Waals surface area contributed by atoms with Gasteiger partial charge in [-0.15, -0.1) is 0 Å². The van der Waals surface area contributed by atoms with Crippen molar-refractivity contribution in [2.24, 2.45) is 0 Å². The van der Waals surface area contributed by atoms with Gasteiger partial charge in [0.25, 0.3) is 0 Å². The predicted octanol–water partition coefficient (Wildman–Crippen LogP) is 2.23. The molecule has 0 saturated carbocycles. The van der Waals surface area contributed by atoms with E-state index in [-0.39, 0.29) is 30.7 Å². The minimum absolute atomic E-state index is 0.0300. The number of carbonyl (C=O) groups is 2. The van der Waals surface area contributed by atoms with Gasteiger partial charge in [-0.05, 0) is 62.4 Å². The van der Waals surface area contributed by atoms with E-state index in [9.17, 15) is 14.7 Å². The lowest BCUT2D eigenvalue weighted by Gasteiger charge is -2.36. The molecular formula is C23H30N4O3. The van der Waals surface area contributed by atoms with Crippen LogP contribution in [-0.4, -0.2) is 73.0 Å². The van der Waals surface area contributed by atoms with Crippen LogP contribution in [-0.2, 0) is 9.59 Å². The maximum Gasteiger partial charge on any atom is 0.238 e. The van der Waals surface area contributed by atoms with Gasteiger partial charge in [-0.3, -0.25) is 14.5 Å². The molecule has 2 aromatic carbocycles. The number of benzene rings is 2. The standard InChI is InChI=1S/C23H30N4O3/c1-17-5-4-6-21(18(17)2)24-22(29)15-25(3)16-23(30)27-13-11-26(12-14-27)19-7-9-20(28)10-8-19/h4-10,28H,11-16H2,1-3H3,(H,24,29). The average Bonchev–Trinajstić information content (AvgIpc) is 2.72. The van der Waals surface area contributed by atoms with Crippen LogP contribution in [0.25, 0.3) is 0 Å². The van der Waals surface area contributed by atoms with E-state index in [1.54, 1.807) is 24.1 Å². The maximum absolute atomic E-state index is 12.6. The first kappa shape index (κ1) is 21.6. The van der Waals surface area contributed by atoms with Crippen LogP contribution in [0, 0.1) is 13.8 Å². The number of phenolic OH excluding ortho intramolecular Hbond substituents is 1. The number of nitrogens with one attached hydrogen (secondary N) is 1. The average molecular weight is 411 g/mol. The number of phenols is 1. The number of carbonyl (C=O) groups excluding carboxylic acids is 2. The zero-order valence-electron chi connectivity index (χ0n) is 17.9. The van der Waals surface area contributed by atoms with E-state index in [2.05, 4.69) is 10.2 Å². The zero-order valence-corrected chi connectivity index (χ0v) is 17.9. The molecule has 1 heterocycles. The van der Waals surface area contributed by atoms with Crippen molar-refractivity contribution in [3.05, 3.63) is 53.6 Å². The van der Waals surface area contributed by atoms with Crippen molar-refractivity contribution in [1.82, 2.24) is 9.80 Å². The number of hydrogen-bond donors (Lipinski definition) is 2. The fraction of sp³-hybridized carbons (Fsp3) is 0.391. The van der Waals surface area contributed by atoms with Gasteiger partial charge in [0.1, 0.15) is 5.75 Å². The summed E-state index contributed by atoms with van der Waals surface area (Å²) >= 11 is 0. The normalized spacial score (nSPS) is 14.1. The van der Waals surface area contributed by atoms with Crippen LogP contribution in [0.1, 0.15) is 11.1 Å². The fourth-order valence-electron chi connectivity index (χ4n) is 3.59. The van der Waals surface area contributed by atoms with Crippen molar-refractivity contribution in [2.45, 2.75) is 13.8 Å². The Morgan fingerprint density at radius 3 is 2.33 bits per heavy atom. The maximum atomic E-state index is 12.6. The number of nitrogens with zero attached hydrogens (tertiary/aromatic N) is 3. The lowest BCUT2D eigenvalue weighted by Crippen LogP contribution is -2.51. The molecule has 1 fully saturated rings. The van der Waals surface area contributed by atoms with Gasteiger partial charge in [0, 0.05) is 37.6 Å². The topological polar surface area (TPSA) is 76.1 Å². The number of aryl methyl sites for hydroxylation is 1. The number of anilines is 2. The van der Waals surface area contributed by atoms with Crippen molar-refractivity contribution in [2.75, 3.05) is 56.5 Å². The quantitative estimate of drug-likeness (QED) is 0.764. The Hall–Kier alpha value is -3.06. The van der Waals surface area contributed by atoms with Crippen molar-refractivity contribution < 1.29 is 14.7 Å². The molecule has 0 radical (unpaired) electrons. The summed E-state index contributed by atoms with van der Waals surface area (Å²) in [4.78, 5) is 30.8. The number of piperazine rings is 1. The van der Waals surface area contributed by atoms with Gasteiger partial charge >= 0.3 is 0 Å². The summed E-state index contributed by atoms with van der Waals surface area (Å²) in [5.41, 5.74) is 4.03. The summed E-state index contributed by atoms with van der Waals surface area (Å²) in [6.45, 7) is 7.13. The predicted molar refractivity (Wildman–Crippen MR) is 119 cm³/mol. The molecule has 0 atom stereocenters. The molecule has 7 nitrogen and oxygen atoms in total. The number of hydrogen-bond acceptors (Lipinski definition) is 5. The molecule has 1 aliphatic rings. The summed E-state index contributed by atoms with van der Waals surface area (Å²) in [5.74, 6) is 0.149. The Kier molecular flexibility index (Phi) is 6.95. The van der Waals surface area contributed by atoms with Gasteiger partial charge in [-0.1, -0.05) is 12.1 Å². The van der Waals surface area contributed by atoms with Crippen molar-refractivity contribution >= 4 is 23.2 Å². The highest BCUT2D eigenvalue weighted by molar-refractivity contribution is 5.93. The van der Waals surface area contributed by atoms with Crippen LogP contribution in [0.15, 0.2) is 42.5 Å². The van der Waals surface area contributed by atoms with Crippen LogP contribution < -0.4 is 10.2 Å². The molecule has 0 spiro atoms. The summed E-state index contributed by atoms with van der Waals surface area (Å²) in [5, 5.41) is 12.4. The smallest absolute Gasteiger partial charge is 0.238 e. The number of likely N-dealkylation sites (N-methyl/N-ethyl adjacent to an activating group) is 1. The van der Waals surface area contributed by atoms with E-state index in [4.69, 9.17) is 0 Å². The zero-order chi connectivity index (χ0) is 21.7. The van der Waals surface area contributed by atoms with Gasteiger partial charge in [0.2, 0.25) is 11.8 Å². The molecule has 2 amide bonds. The summed E-state index contributed by atoms with van der Waals surface area (Å²) < 4.78 is 0. The van der Waals surface area contributed by atoms with E-state index in [0.29, 0.717) is 13.1 Å². The monoisotopic (exact) mass is 410 g/mol. The Balaban J connectivity index is 1.45. The molecule has 0 aromatic heterocycles. The SMILES string of the molecule is Cc1cccc(NC(=O)CN(C)CC(=O)N2CCN(c3ccc(O)cc3)CC2)c1C. The van der Waals surface area contributed by atoms with E-state index >= 15 is 0 Å². The highest BCUT2D eigenvalue weighted by Crippen LogP contribution is 2.20. The minimum Gasteiger partial charge on any atom is -0.508 e. The highest BCUT2D eigenvalue weighted by Gasteiger charge is 2.22. The van der Waals surface area contributed by atoms with E-state index in [0.717, 1.165) is 35.6 Å². The van der Waals surface area contributed by atoms with Gasteiger partial charge in [-0.25, -0.2) is 0 Å². The highest BCUT2D eigenvalue weighted by atomic mass is 16.3. The molecule has 160 valence electrons. The molecule has 7 heteroatoms. The second kappa shape index (κ2) is 9.63. The summed E-state index contributed by atoms with van der Waals surface area (Å²) in [6, 6.07) is 12.9. The Morgan fingerprint density at radius 1 is 1.00 bits per heavy atom. The third-order valence-corrected chi connectivity index (χ3v) is 5.54. The molecule has 2 N–H and O–H groups in total. The molecule has 3 rings (SSSR count). The second-order valence-electron chi connectivity index (χ2n) is 7.85. The van der Waals surface area contributed by atoms with Gasteiger partial charge in [0.05, 0.1) is 13.1 Å². The van der Waals surface area contributed by atoms with Crippen molar-refractivity contribution in [3.63, 3.8) is 0 Å². The summed E-state index contributed by atoms with van der Waals surface area (Å²) in [6.07, 6.45) is 0. The van der Waals surface area contributed by atoms with Gasteiger partial charge < -0.3 is 20.2 Å². The largest absolute Gasteiger partial charge is 0.508 e. The van der Waals surface area contributed by atoms with Crippen LogP contribution in [0.3, 0.4) is 0 Å². The number of rotatable bonds is 6. The molecule has 2 aromatic rings. The van der Waals surface area contributed by atoms with Gasteiger partial charge in [-0.2, -0.15) is 0 Å². The molecule has 0 aliphatic carbocycles. The van der Waals surface area contributed by atoms with Crippen LogP contribution >= 0.6 is 0 Å². The Morgan fingerprint density at radius 2 is 1.67 bits per heavy atom. The molecule has 1 aliphatic heterocycles. The molecular weight excluding hydrogens is 380 g/mol. The van der Waals surface area contributed by atoms with E-state index < -0.39 is 0 Å². The first-order valence-electron chi connectivity index (χ1n) is 10.2. The Labute approximate surface area is 177 Å². The summed E-state index contributed by atoms with van der Waals surface area (Å²) in [7, 11) is 1.78. The molecule has 30 heavy (non-hydrogen) atoms. The number of amides is 2. The Bertz CT molecular complexity index is 890. The van der Waals surface area contributed by atoms with Crippen LogP contribution in [0.2, 0.25) is 0 Å². The van der Waals surface area contributed by atoms with Crippen molar-refractivity contribution in [1.29, 1.82) is 0 Å². The third kappa shape index (κ3) is 5.51. The first-order valence-corrected chi connectivity index (χ1v) is 10.2. The minimum atomic E-state index is -0.129. The fourth-order valence-corrected chi connectivity index (χ4v) is 3.59.